The number of aromatic nitrogens is 3. The second kappa shape index (κ2) is 7.30. The molecule has 0 aliphatic carbocycles. The van der Waals surface area contributed by atoms with E-state index in [-0.39, 0.29) is 0 Å². The maximum atomic E-state index is 4.79. The number of pyridine rings is 1. The van der Waals surface area contributed by atoms with Gasteiger partial charge in [0.05, 0.1) is 22.1 Å². The van der Waals surface area contributed by atoms with E-state index in [1.807, 2.05) is 12.3 Å². The Morgan fingerprint density at radius 1 is 0.444 bits per heavy atom. The van der Waals surface area contributed by atoms with Crippen LogP contribution in [0.4, 0.5) is 0 Å². The molecule has 0 amide bonds. The fourth-order valence-corrected chi connectivity index (χ4v) is 5.88. The van der Waals surface area contributed by atoms with Crippen molar-refractivity contribution >= 4 is 54.4 Å². The highest BCUT2D eigenvalue weighted by Crippen LogP contribution is 2.42. The average Bonchev–Trinajstić information content (AvgIpc) is 3.47. The third-order valence-corrected chi connectivity index (χ3v) is 7.34. The van der Waals surface area contributed by atoms with Gasteiger partial charge >= 0.3 is 0 Å². The predicted molar refractivity (Wildman–Crippen MR) is 150 cm³/mol. The largest absolute Gasteiger partial charge is 0.309 e. The summed E-state index contributed by atoms with van der Waals surface area (Å²) in [5, 5.41) is 7.45. The van der Waals surface area contributed by atoms with Crippen molar-refractivity contribution < 1.29 is 0 Å². The van der Waals surface area contributed by atoms with E-state index in [9.17, 15) is 0 Å². The monoisotopic (exact) mass is 459 g/mol. The number of hydrogen-bond donors (Lipinski definition) is 0. The van der Waals surface area contributed by atoms with Crippen molar-refractivity contribution in [2.75, 3.05) is 0 Å². The number of para-hydroxylation sites is 3. The van der Waals surface area contributed by atoms with Gasteiger partial charge in [0.15, 0.2) is 0 Å². The van der Waals surface area contributed by atoms with Crippen LogP contribution in [0.25, 0.3) is 65.9 Å². The van der Waals surface area contributed by atoms with Gasteiger partial charge in [-0.05, 0) is 41.8 Å². The normalized spacial score (nSPS) is 11.9. The van der Waals surface area contributed by atoms with Crippen LogP contribution < -0.4 is 0 Å². The summed E-state index contributed by atoms with van der Waals surface area (Å²) in [6.07, 6.45) is 1.87. The molecule has 3 aromatic heterocycles. The molecule has 8 rings (SSSR count). The molecule has 0 aliphatic rings. The summed E-state index contributed by atoms with van der Waals surface area (Å²) in [4.78, 5) is 4.79. The molecule has 0 aliphatic heterocycles. The Labute approximate surface area is 207 Å². The zero-order chi connectivity index (χ0) is 23.6. The van der Waals surface area contributed by atoms with E-state index in [1.165, 1.54) is 48.9 Å². The lowest BCUT2D eigenvalue weighted by molar-refractivity contribution is 1.08. The fourth-order valence-electron chi connectivity index (χ4n) is 5.88. The molecule has 3 nitrogen and oxygen atoms in total. The number of nitrogens with zero attached hydrogens (tertiary/aromatic N) is 3. The first-order valence-corrected chi connectivity index (χ1v) is 12.2. The molecular formula is C33H21N3. The van der Waals surface area contributed by atoms with Crippen LogP contribution in [0.2, 0.25) is 0 Å². The minimum absolute atomic E-state index is 0.926. The van der Waals surface area contributed by atoms with E-state index < -0.39 is 0 Å². The maximum Gasteiger partial charge on any atom is 0.137 e. The highest BCUT2D eigenvalue weighted by Gasteiger charge is 2.20. The van der Waals surface area contributed by atoms with E-state index in [2.05, 4.69) is 124 Å². The Balaban J connectivity index is 1.71. The second-order valence-corrected chi connectivity index (χ2v) is 9.25. The molecule has 0 fully saturated rings. The molecule has 0 atom stereocenters. The summed E-state index contributed by atoms with van der Waals surface area (Å²) in [5.74, 6) is 0.926. The number of benzene rings is 5. The van der Waals surface area contributed by atoms with E-state index in [0.29, 0.717) is 0 Å². The van der Waals surface area contributed by atoms with Gasteiger partial charge < -0.3 is 4.57 Å². The van der Waals surface area contributed by atoms with Crippen molar-refractivity contribution in [3.8, 4) is 11.5 Å². The summed E-state index contributed by atoms with van der Waals surface area (Å²) in [7, 11) is 0. The molecule has 0 saturated heterocycles. The van der Waals surface area contributed by atoms with Gasteiger partial charge in [0.2, 0.25) is 0 Å². The molecule has 168 valence electrons. The summed E-state index contributed by atoms with van der Waals surface area (Å²) >= 11 is 0. The van der Waals surface area contributed by atoms with Crippen LogP contribution >= 0.6 is 0 Å². The summed E-state index contributed by atoms with van der Waals surface area (Å²) in [6, 6.07) is 43.2. The quantitative estimate of drug-likeness (QED) is 0.254. The van der Waals surface area contributed by atoms with Gasteiger partial charge in [-0.15, -0.1) is 0 Å². The lowest BCUT2D eigenvalue weighted by Gasteiger charge is -2.13. The highest BCUT2D eigenvalue weighted by atomic mass is 15.1. The molecule has 0 radical (unpaired) electrons. The van der Waals surface area contributed by atoms with Crippen molar-refractivity contribution in [3.05, 3.63) is 128 Å². The topological polar surface area (TPSA) is 22.8 Å². The molecule has 0 saturated carbocycles. The van der Waals surface area contributed by atoms with Crippen molar-refractivity contribution in [1.29, 1.82) is 0 Å². The SMILES string of the molecule is c1ccc(-n2c3ccccc3c3ccc4ccc5c6ccccc6n(-c6ccccn6)c5c4c32)cc1. The van der Waals surface area contributed by atoms with Crippen LogP contribution in [0.1, 0.15) is 0 Å². The van der Waals surface area contributed by atoms with Crippen LogP contribution in [0.5, 0.6) is 0 Å². The predicted octanol–water partition coefficient (Wildman–Crippen LogP) is 8.43. The van der Waals surface area contributed by atoms with Crippen molar-refractivity contribution in [2.24, 2.45) is 0 Å². The smallest absolute Gasteiger partial charge is 0.137 e. The molecular weight excluding hydrogens is 438 g/mol. The number of hydrogen-bond acceptors (Lipinski definition) is 1. The van der Waals surface area contributed by atoms with Crippen LogP contribution in [0, 0.1) is 0 Å². The Bertz CT molecular complexity index is 1930. The molecule has 0 N–H and O–H groups in total. The molecule has 8 aromatic rings. The first-order chi connectivity index (χ1) is 17.9. The Morgan fingerprint density at radius 2 is 1.03 bits per heavy atom. The number of fused-ring (bicyclic) bond motifs is 9. The molecule has 3 heterocycles. The molecule has 5 aromatic carbocycles. The van der Waals surface area contributed by atoms with Gasteiger partial charge in [-0.3, -0.25) is 4.57 Å². The number of rotatable bonds is 2. The second-order valence-electron chi connectivity index (χ2n) is 9.25. The molecule has 0 spiro atoms. The van der Waals surface area contributed by atoms with Gasteiger partial charge in [-0.1, -0.05) is 84.9 Å². The minimum Gasteiger partial charge on any atom is -0.309 e. The standard InChI is InChI=1S/C33H21N3/c1-2-10-23(11-3-1)35-28-14-6-4-12-24(28)26-19-17-22-18-20-27-25-13-5-7-15-29(25)36(30-16-8-9-21-34-30)33(27)31(22)32(26)35/h1-21H. The lowest BCUT2D eigenvalue weighted by Crippen LogP contribution is -1.98. The molecule has 36 heavy (non-hydrogen) atoms. The summed E-state index contributed by atoms with van der Waals surface area (Å²) in [5.41, 5.74) is 5.96. The van der Waals surface area contributed by atoms with Gasteiger partial charge in [-0.2, -0.15) is 0 Å². The molecule has 0 bridgehead atoms. The van der Waals surface area contributed by atoms with E-state index in [0.717, 1.165) is 17.0 Å². The fraction of sp³-hybridized carbons (Fsp3) is 0. The zero-order valence-corrected chi connectivity index (χ0v) is 19.5. The maximum absolute atomic E-state index is 4.79. The van der Waals surface area contributed by atoms with Crippen LogP contribution in [0.15, 0.2) is 128 Å². The Kier molecular flexibility index (Phi) is 3.94. The van der Waals surface area contributed by atoms with Crippen molar-refractivity contribution in [3.63, 3.8) is 0 Å². The molecule has 0 unspecified atom stereocenters. The first kappa shape index (κ1) is 19.4. The Hall–Kier alpha value is -4.89. The van der Waals surface area contributed by atoms with Crippen LogP contribution in [-0.4, -0.2) is 14.1 Å². The van der Waals surface area contributed by atoms with Crippen molar-refractivity contribution in [1.82, 2.24) is 14.1 Å². The van der Waals surface area contributed by atoms with E-state index in [1.54, 1.807) is 0 Å². The van der Waals surface area contributed by atoms with Gasteiger partial charge in [0.25, 0.3) is 0 Å². The summed E-state index contributed by atoms with van der Waals surface area (Å²) < 4.78 is 4.76. The van der Waals surface area contributed by atoms with Crippen molar-refractivity contribution in [2.45, 2.75) is 0 Å². The first-order valence-electron chi connectivity index (χ1n) is 12.2. The third-order valence-electron chi connectivity index (χ3n) is 7.34. The van der Waals surface area contributed by atoms with Crippen LogP contribution in [0.3, 0.4) is 0 Å². The highest BCUT2D eigenvalue weighted by molar-refractivity contribution is 6.28. The van der Waals surface area contributed by atoms with E-state index in [4.69, 9.17) is 4.98 Å². The lowest BCUT2D eigenvalue weighted by atomic mass is 10.0. The molecule has 3 heteroatoms. The Morgan fingerprint density at radius 3 is 1.69 bits per heavy atom. The van der Waals surface area contributed by atoms with E-state index >= 15 is 0 Å². The van der Waals surface area contributed by atoms with Gasteiger partial charge in [0.1, 0.15) is 5.82 Å². The average molecular weight is 460 g/mol. The van der Waals surface area contributed by atoms with Gasteiger partial charge in [-0.25, -0.2) is 4.98 Å². The van der Waals surface area contributed by atoms with Gasteiger partial charge in [0, 0.05) is 38.8 Å². The minimum atomic E-state index is 0.926. The zero-order valence-electron chi connectivity index (χ0n) is 19.5. The van der Waals surface area contributed by atoms with Crippen LogP contribution in [-0.2, 0) is 0 Å². The summed E-state index contributed by atoms with van der Waals surface area (Å²) in [6.45, 7) is 0. The third kappa shape index (κ3) is 2.54.